The number of halogens is 1. The number of aryl methyl sites for hydroxylation is 1. The second-order valence-corrected chi connectivity index (χ2v) is 10.4. The van der Waals surface area contributed by atoms with Crippen LogP contribution in [0.2, 0.25) is 0 Å². The molecule has 0 unspecified atom stereocenters. The molecule has 0 aromatic heterocycles. The normalized spacial score (nSPS) is 17.2. The first kappa shape index (κ1) is 23.6. The maximum atomic E-state index is 12.8. The van der Waals surface area contributed by atoms with Crippen molar-refractivity contribution in [1.29, 1.82) is 0 Å². The third kappa shape index (κ3) is 5.40. The second kappa shape index (κ2) is 9.59. The summed E-state index contributed by atoms with van der Waals surface area (Å²) in [5.74, 6) is 0. The van der Waals surface area contributed by atoms with Gasteiger partial charge in [-0.15, -0.1) is 12.4 Å². The van der Waals surface area contributed by atoms with Crippen LogP contribution in [0.15, 0.2) is 47.4 Å². The molecular formula is C23H30ClN3O3S. The molecule has 0 aliphatic carbocycles. The highest BCUT2D eigenvalue weighted by molar-refractivity contribution is 7.90. The number of hydrogen-bond acceptors (Lipinski definition) is 4. The quantitative estimate of drug-likeness (QED) is 0.752. The Balaban J connectivity index is 0.00000272. The van der Waals surface area contributed by atoms with Gasteiger partial charge in [0.05, 0.1) is 4.90 Å². The Labute approximate surface area is 191 Å². The largest absolute Gasteiger partial charge is 0.335 e. The Kier molecular flexibility index (Phi) is 7.29. The summed E-state index contributed by atoms with van der Waals surface area (Å²) in [6, 6.07) is 13.6. The van der Waals surface area contributed by atoms with Gasteiger partial charge in [0.25, 0.3) is 0 Å². The number of nitrogens with zero attached hydrogens (tertiary/aromatic N) is 2. The van der Waals surface area contributed by atoms with Crippen LogP contribution in [-0.2, 0) is 22.8 Å². The summed E-state index contributed by atoms with van der Waals surface area (Å²) < 4.78 is 24.1. The summed E-state index contributed by atoms with van der Waals surface area (Å²) in [4.78, 5) is 17.3. The summed E-state index contributed by atoms with van der Waals surface area (Å²) in [7, 11) is -3.24. The number of benzene rings is 2. The van der Waals surface area contributed by atoms with Gasteiger partial charge >= 0.3 is 6.03 Å². The summed E-state index contributed by atoms with van der Waals surface area (Å²) in [6.07, 6.45) is 3.89. The molecule has 2 aromatic carbocycles. The van der Waals surface area contributed by atoms with E-state index >= 15 is 0 Å². The average molecular weight is 464 g/mol. The van der Waals surface area contributed by atoms with Crippen LogP contribution in [0.25, 0.3) is 0 Å². The number of amides is 2. The van der Waals surface area contributed by atoms with Crippen LogP contribution in [0.5, 0.6) is 0 Å². The number of carbonyl (C=O) groups excluding carboxylic acids is 1. The summed E-state index contributed by atoms with van der Waals surface area (Å²) in [6.45, 7) is 5.08. The van der Waals surface area contributed by atoms with E-state index in [1.54, 1.807) is 12.1 Å². The molecule has 6 nitrogen and oxygen atoms in total. The minimum Gasteiger partial charge on any atom is -0.335 e. The van der Waals surface area contributed by atoms with Gasteiger partial charge in [0.15, 0.2) is 9.84 Å². The van der Waals surface area contributed by atoms with Crippen LogP contribution >= 0.6 is 12.4 Å². The Hall–Kier alpha value is -2.09. The smallest absolute Gasteiger partial charge is 0.322 e. The maximum absolute atomic E-state index is 12.8. The monoisotopic (exact) mass is 463 g/mol. The summed E-state index contributed by atoms with van der Waals surface area (Å²) in [5, 5.41) is 3.20. The molecule has 0 bridgehead atoms. The van der Waals surface area contributed by atoms with E-state index in [1.807, 2.05) is 23.1 Å². The molecule has 2 heterocycles. The van der Waals surface area contributed by atoms with Gasteiger partial charge in [-0.05, 0) is 49.4 Å². The molecular weight excluding hydrogens is 434 g/mol. The number of anilines is 1. The highest BCUT2D eigenvalue weighted by Gasteiger charge is 2.28. The molecule has 2 aromatic rings. The number of nitrogens with one attached hydrogen (secondary N) is 1. The lowest BCUT2D eigenvalue weighted by Gasteiger charge is -2.33. The number of likely N-dealkylation sites (tertiary alicyclic amines) is 1. The molecule has 0 saturated carbocycles. The lowest BCUT2D eigenvalue weighted by molar-refractivity contribution is 0.187. The van der Waals surface area contributed by atoms with E-state index in [-0.39, 0.29) is 24.5 Å². The van der Waals surface area contributed by atoms with Crippen molar-refractivity contribution >= 4 is 34.0 Å². The number of fused-ring (bicyclic) bond motifs is 1. The maximum Gasteiger partial charge on any atom is 0.322 e. The Bertz CT molecular complexity index is 1050. The van der Waals surface area contributed by atoms with Crippen molar-refractivity contribution in [2.45, 2.75) is 43.7 Å². The number of sulfone groups is 1. The fraction of sp³-hybridized carbons (Fsp3) is 0.435. The highest BCUT2D eigenvalue weighted by Crippen LogP contribution is 2.29. The van der Waals surface area contributed by atoms with Gasteiger partial charge < -0.3 is 5.32 Å². The molecule has 0 atom stereocenters. The fourth-order valence-corrected chi connectivity index (χ4v) is 5.40. The van der Waals surface area contributed by atoms with Gasteiger partial charge in [-0.25, -0.2) is 13.2 Å². The van der Waals surface area contributed by atoms with Gasteiger partial charge in [0.2, 0.25) is 0 Å². The molecule has 2 aliphatic heterocycles. The van der Waals surface area contributed by atoms with Crippen molar-refractivity contribution in [2.75, 3.05) is 30.8 Å². The zero-order valence-electron chi connectivity index (χ0n) is 18.0. The van der Waals surface area contributed by atoms with Gasteiger partial charge in [-0.2, -0.15) is 0 Å². The highest BCUT2D eigenvalue weighted by atomic mass is 35.5. The van der Waals surface area contributed by atoms with Crippen molar-refractivity contribution in [3.8, 4) is 0 Å². The molecule has 168 valence electrons. The predicted octanol–water partition coefficient (Wildman–Crippen LogP) is 3.56. The SMILES string of the molecule is Cc1ccc2c(c1)CCN2C(=O)NC1CCN(Cc2ccccc2S(C)(=O)=O)CC1.Cl. The van der Waals surface area contributed by atoms with Crippen molar-refractivity contribution in [2.24, 2.45) is 0 Å². The zero-order chi connectivity index (χ0) is 21.3. The standard InChI is InChI=1S/C23H29N3O3S.ClH/c1-17-7-8-21-18(15-17)9-14-26(21)23(27)24-20-10-12-25(13-11-20)16-19-5-3-4-6-22(19)30(2,28)29;/h3-8,15,20H,9-14,16H2,1-2H3,(H,24,27);1H. The Morgan fingerprint density at radius 1 is 1.10 bits per heavy atom. The average Bonchev–Trinajstić information content (AvgIpc) is 3.12. The molecule has 1 fully saturated rings. The van der Waals surface area contributed by atoms with Crippen LogP contribution in [0.3, 0.4) is 0 Å². The third-order valence-corrected chi connectivity index (χ3v) is 7.25. The fourth-order valence-electron chi connectivity index (χ4n) is 4.47. The minimum absolute atomic E-state index is 0. The van der Waals surface area contributed by atoms with E-state index in [1.165, 1.54) is 17.4 Å². The van der Waals surface area contributed by atoms with Crippen LogP contribution in [-0.4, -0.2) is 51.3 Å². The number of piperidine rings is 1. The number of carbonyl (C=O) groups is 1. The van der Waals surface area contributed by atoms with Crippen molar-refractivity contribution in [3.05, 3.63) is 59.2 Å². The van der Waals surface area contributed by atoms with Gasteiger partial charge in [0.1, 0.15) is 0 Å². The molecule has 8 heteroatoms. The Morgan fingerprint density at radius 2 is 1.81 bits per heavy atom. The zero-order valence-corrected chi connectivity index (χ0v) is 19.6. The topological polar surface area (TPSA) is 69.7 Å². The van der Waals surface area contributed by atoms with Gasteiger partial charge in [-0.1, -0.05) is 35.9 Å². The lowest BCUT2D eigenvalue weighted by atomic mass is 10.0. The van der Waals surface area contributed by atoms with Gasteiger partial charge in [0, 0.05) is 44.2 Å². The molecule has 4 rings (SSSR count). The first-order chi connectivity index (χ1) is 14.3. The molecule has 31 heavy (non-hydrogen) atoms. The molecule has 0 radical (unpaired) electrons. The van der Waals surface area contributed by atoms with Crippen LogP contribution in [0, 0.1) is 6.92 Å². The lowest BCUT2D eigenvalue weighted by Crippen LogP contribution is -2.49. The number of hydrogen-bond donors (Lipinski definition) is 1. The summed E-state index contributed by atoms with van der Waals surface area (Å²) >= 11 is 0. The van der Waals surface area contributed by atoms with Crippen LogP contribution in [0.1, 0.15) is 29.5 Å². The predicted molar refractivity (Wildman–Crippen MR) is 126 cm³/mol. The third-order valence-electron chi connectivity index (χ3n) is 6.06. The Morgan fingerprint density at radius 3 is 2.52 bits per heavy atom. The molecule has 1 N–H and O–H groups in total. The van der Waals surface area contributed by atoms with Crippen molar-refractivity contribution in [3.63, 3.8) is 0 Å². The first-order valence-electron chi connectivity index (χ1n) is 10.5. The van der Waals surface area contributed by atoms with Crippen molar-refractivity contribution in [1.82, 2.24) is 10.2 Å². The van der Waals surface area contributed by atoms with E-state index in [0.717, 1.165) is 50.1 Å². The molecule has 2 amide bonds. The molecule has 0 spiro atoms. The first-order valence-corrected chi connectivity index (χ1v) is 12.4. The van der Waals surface area contributed by atoms with E-state index in [2.05, 4.69) is 29.3 Å². The van der Waals surface area contributed by atoms with Crippen LogP contribution in [0.4, 0.5) is 10.5 Å². The van der Waals surface area contributed by atoms with Gasteiger partial charge in [-0.3, -0.25) is 9.80 Å². The number of rotatable bonds is 4. The van der Waals surface area contributed by atoms with E-state index in [0.29, 0.717) is 11.4 Å². The summed E-state index contributed by atoms with van der Waals surface area (Å²) in [5.41, 5.74) is 4.32. The minimum atomic E-state index is -3.24. The molecule has 1 saturated heterocycles. The van der Waals surface area contributed by atoms with E-state index < -0.39 is 9.84 Å². The number of urea groups is 1. The second-order valence-electron chi connectivity index (χ2n) is 8.41. The van der Waals surface area contributed by atoms with E-state index in [9.17, 15) is 13.2 Å². The van der Waals surface area contributed by atoms with E-state index in [4.69, 9.17) is 0 Å². The van der Waals surface area contributed by atoms with Crippen molar-refractivity contribution < 1.29 is 13.2 Å². The molecule has 2 aliphatic rings. The van der Waals surface area contributed by atoms with Crippen LogP contribution < -0.4 is 10.2 Å².